The van der Waals surface area contributed by atoms with Crippen LogP contribution in [-0.4, -0.2) is 37.0 Å². The van der Waals surface area contributed by atoms with Crippen molar-refractivity contribution in [1.29, 1.82) is 0 Å². The quantitative estimate of drug-likeness (QED) is 0.778. The Morgan fingerprint density at radius 3 is 2.57 bits per heavy atom. The zero-order chi connectivity index (χ0) is 20.1. The maximum atomic E-state index is 12.4. The van der Waals surface area contributed by atoms with E-state index in [0.717, 1.165) is 41.8 Å². The van der Waals surface area contributed by atoms with E-state index >= 15 is 0 Å². The molecule has 1 fully saturated rings. The Kier molecular flexibility index (Phi) is 6.79. The number of nitrogens with zero attached hydrogens (tertiary/aromatic N) is 1. The number of hydrogen-bond acceptors (Lipinski definition) is 4. The van der Waals surface area contributed by atoms with Crippen LogP contribution in [0.2, 0.25) is 0 Å². The fourth-order valence-corrected chi connectivity index (χ4v) is 3.60. The molecule has 1 aliphatic heterocycles. The summed E-state index contributed by atoms with van der Waals surface area (Å²) in [5.74, 6) is 3.19. The van der Waals surface area contributed by atoms with E-state index in [4.69, 9.17) is 9.15 Å². The fraction of sp³-hybridized carbons (Fsp3) is 0.522. The highest BCUT2D eigenvalue weighted by Gasteiger charge is 2.27. The van der Waals surface area contributed by atoms with Crippen molar-refractivity contribution in [2.24, 2.45) is 5.92 Å². The van der Waals surface area contributed by atoms with Crippen LogP contribution in [0.1, 0.15) is 48.5 Å². The van der Waals surface area contributed by atoms with Crippen LogP contribution < -0.4 is 10.1 Å². The van der Waals surface area contributed by atoms with Crippen molar-refractivity contribution in [2.75, 3.05) is 26.2 Å². The van der Waals surface area contributed by atoms with Gasteiger partial charge >= 0.3 is 0 Å². The molecule has 0 spiro atoms. The van der Waals surface area contributed by atoms with Crippen molar-refractivity contribution < 1.29 is 13.9 Å². The Bertz CT molecular complexity index is 791. The number of piperidine rings is 1. The van der Waals surface area contributed by atoms with Crippen LogP contribution >= 0.6 is 0 Å². The lowest BCUT2D eigenvalue weighted by molar-refractivity contribution is -0.123. The molecular weight excluding hydrogens is 352 g/mol. The van der Waals surface area contributed by atoms with Gasteiger partial charge in [-0.2, -0.15) is 0 Å². The lowest BCUT2D eigenvalue weighted by atomic mass is 9.97. The van der Waals surface area contributed by atoms with Crippen molar-refractivity contribution in [3.8, 4) is 5.75 Å². The number of carbonyl (C=O) groups is 1. The monoisotopic (exact) mass is 384 g/mol. The third-order valence-electron chi connectivity index (χ3n) is 5.69. The van der Waals surface area contributed by atoms with Crippen LogP contribution in [0.5, 0.6) is 5.75 Å². The second-order valence-corrected chi connectivity index (χ2v) is 8.02. The summed E-state index contributed by atoms with van der Waals surface area (Å²) >= 11 is 0. The maximum absolute atomic E-state index is 12.4. The molecule has 0 aliphatic carbocycles. The molecule has 5 nitrogen and oxygen atoms in total. The van der Waals surface area contributed by atoms with E-state index in [2.05, 4.69) is 24.1 Å². The largest absolute Gasteiger partial charge is 0.484 e. The molecule has 0 saturated carbocycles. The summed E-state index contributed by atoms with van der Waals surface area (Å²) in [6, 6.07) is 9.95. The summed E-state index contributed by atoms with van der Waals surface area (Å²) in [5, 5.41) is 3.03. The van der Waals surface area contributed by atoms with Gasteiger partial charge in [0.05, 0.1) is 6.04 Å². The predicted octanol–water partition coefficient (Wildman–Crippen LogP) is 4.17. The third-order valence-corrected chi connectivity index (χ3v) is 5.69. The lowest BCUT2D eigenvalue weighted by Gasteiger charge is -2.35. The average Bonchev–Trinajstić information content (AvgIpc) is 3.10. The fourth-order valence-electron chi connectivity index (χ4n) is 3.60. The minimum absolute atomic E-state index is 0.0173. The first kappa shape index (κ1) is 20.5. The first-order chi connectivity index (χ1) is 13.4. The molecular formula is C23H32N2O3. The molecule has 1 saturated heterocycles. The molecule has 3 rings (SSSR count). The summed E-state index contributed by atoms with van der Waals surface area (Å²) in [7, 11) is 0. The molecule has 152 valence electrons. The minimum atomic E-state index is -0.114. The van der Waals surface area contributed by atoms with Gasteiger partial charge in [-0.25, -0.2) is 0 Å². The van der Waals surface area contributed by atoms with Gasteiger partial charge in [-0.3, -0.25) is 9.69 Å². The number of likely N-dealkylation sites (tertiary alicyclic amines) is 1. The molecule has 5 heteroatoms. The number of carbonyl (C=O) groups excluding carboxylic acids is 1. The van der Waals surface area contributed by atoms with E-state index in [1.807, 2.05) is 44.2 Å². The van der Waals surface area contributed by atoms with Gasteiger partial charge < -0.3 is 14.5 Å². The van der Waals surface area contributed by atoms with Gasteiger partial charge in [-0.1, -0.05) is 13.0 Å². The van der Waals surface area contributed by atoms with Crippen LogP contribution in [0, 0.1) is 26.7 Å². The van der Waals surface area contributed by atoms with E-state index in [9.17, 15) is 4.79 Å². The summed E-state index contributed by atoms with van der Waals surface area (Å²) in [6.07, 6.45) is 2.36. The molecule has 1 N–H and O–H groups in total. The Balaban J connectivity index is 1.56. The lowest BCUT2D eigenvalue weighted by Crippen LogP contribution is -2.42. The number of amides is 1. The average molecular weight is 385 g/mol. The van der Waals surface area contributed by atoms with Gasteiger partial charge in [0.15, 0.2) is 6.61 Å². The van der Waals surface area contributed by atoms with Crippen LogP contribution in [0.3, 0.4) is 0 Å². The normalized spacial score (nSPS) is 16.7. The van der Waals surface area contributed by atoms with Crippen LogP contribution in [0.15, 0.2) is 34.7 Å². The van der Waals surface area contributed by atoms with Gasteiger partial charge in [0.2, 0.25) is 0 Å². The predicted molar refractivity (Wildman–Crippen MR) is 111 cm³/mol. The molecule has 0 radical (unpaired) electrons. The van der Waals surface area contributed by atoms with Gasteiger partial charge in [-0.05, 0) is 88.0 Å². The first-order valence-corrected chi connectivity index (χ1v) is 10.2. The van der Waals surface area contributed by atoms with E-state index in [1.54, 1.807) is 0 Å². The van der Waals surface area contributed by atoms with E-state index in [1.165, 1.54) is 18.4 Å². The first-order valence-electron chi connectivity index (χ1n) is 10.2. The molecule has 1 amide bonds. The SMILES string of the molecule is Cc1ccc([C@H](CNC(=O)COc2ccc(C)c(C)c2)N2CCC(C)CC2)o1. The van der Waals surface area contributed by atoms with Crippen molar-refractivity contribution in [1.82, 2.24) is 10.2 Å². The number of ether oxygens (including phenoxy) is 1. The zero-order valence-electron chi connectivity index (χ0n) is 17.5. The molecule has 1 atom stereocenters. The topological polar surface area (TPSA) is 54.7 Å². The second-order valence-electron chi connectivity index (χ2n) is 8.02. The number of hydrogen-bond donors (Lipinski definition) is 1. The summed E-state index contributed by atoms with van der Waals surface area (Å²) in [4.78, 5) is 14.8. The van der Waals surface area contributed by atoms with E-state index in [0.29, 0.717) is 6.54 Å². The highest BCUT2D eigenvalue weighted by Crippen LogP contribution is 2.27. The molecule has 1 aliphatic rings. The highest BCUT2D eigenvalue weighted by molar-refractivity contribution is 5.77. The molecule has 2 heterocycles. The van der Waals surface area contributed by atoms with E-state index < -0.39 is 0 Å². The summed E-state index contributed by atoms with van der Waals surface area (Å²) in [5.41, 5.74) is 2.37. The van der Waals surface area contributed by atoms with Crippen molar-refractivity contribution in [2.45, 2.75) is 46.6 Å². The van der Waals surface area contributed by atoms with Crippen LogP contribution in [0.4, 0.5) is 0 Å². The van der Waals surface area contributed by atoms with E-state index in [-0.39, 0.29) is 18.6 Å². The molecule has 2 aromatic rings. The Morgan fingerprint density at radius 1 is 1.18 bits per heavy atom. The smallest absolute Gasteiger partial charge is 0.258 e. The molecule has 1 aromatic heterocycles. The summed E-state index contributed by atoms with van der Waals surface area (Å²) in [6.45, 7) is 11.0. The van der Waals surface area contributed by atoms with Gasteiger partial charge in [-0.15, -0.1) is 0 Å². The summed E-state index contributed by atoms with van der Waals surface area (Å²) < 4.78 is 11.5. The standard InChI is InChI=1S/C23H32N2O3/c1-16-9-11-25(12-10-16)21(22-8-6-19(4)28-22)14-24-23(26)15-27-20-7-5-17(2)18(3)13-20/h5-8,13,16,21H,9-12,14-15H2,1-4H3,(H,24,26)/t21-/m0/s1. The zero-order valence-corrected chi connectivity index (χ0v) is 17.5. The van der Waals surface area contributed by atoms with Gasteiger partial charge in [0.25, 0.3) is 5.91 Å². The molecule has 0 bridgehead atoms. The minimum Gasteiger partial charge on any atom is -0.484 e. The highest BCUT2D eigenvalue weighted by atomic mass is 16.5. The number of nitrogens with one attached hydrogen (secondary N) is 1. The van der Waals surface area contributed by atoms with Crippen LogP contribution in [-0.2, 0) is 4.79 Å². The molecule has 1 aromatic carbocycles. The number of aryl methyl sites for hydroxylation is 3. The van der Waals surface area contributed by atoms with Crippen molar-refractivity contribution in [3.05, 3.63) is 53.0 Å². The number of benzene rings is 1. The Labute approximate surface area is 168 Å². The van der Waals surface area contributed by atoms with Gasteiger partial charge in [0.1, 0.15) is 17.3 Å². The van der Waals surface area contributed by atoms with Crippen molar-refractivity contribution in [3.63, 3.8) is 0 Å². The third kappa shape index (κ3) is 5.38. The molecule has 28 heavy (non-hydrogen) atoms. The maximum Gasteiger partial charge on any atom is 0.258 e. The Morgan fingerprint density at radius 2 is 1.93 bits per heavy atom. The number of rotatable bonds is 7. The van der Waals surface area contributed by atoms with Crippen LogP contribution in [0.25, 0.3) is 0 Å². The second kappa shape index (κ2) is 9.28. The van der Waals surface area contributed by atoms with Gasteiger partial charge in [0, 0.05) is 6.54 Å². The number of furan rings is 1. The Hall–Kier alpha value is -2.27. The van der Waals surface area contributed by atoms with Crippen molar-refractivity contribution >= 4 is 5.91 Å². The molecule has 0 unspecified atom stereocenters.